The number of pyridine rings is 1. The summed E-state index contributed by atoms with van der Waals surface area (Å²) in [4.78, 5) is 23.3. The van der Waals surface area contributed by atoms with Crippen LogP contribution in [0.4, 0.5) is 14.6 Å². The molecule has 0 amide bonds. The van der Waals surface area contributed by atoms with E-state index in [9.17, 15) is 13.9 Å². The van der Waals surface area contributed by atoms with Gasteiger partial charge in [0.25, 0.3) is 0 Å². The number of aliphatic hydroxyl groups is 1. The summed E-state index contributed by atoms with van der Waals surface area (Å²) >= 11 is 0. The fraction of sp³-hybridized carbons (Fsp3) is 0.517. The highest BCUT2D eigenvalue weighted by Gasteiger charge is 2.34. The second-order valence-corrected chi connectivity index (χ2v) is 11.5. The van der Waals surface area contributed by atoms with E-state index in [0.717, 1.165) is 38.5 Å². The summed E-state index contributed by atoms with van der Waals surface area (Å²) in [5, 5.41) is 10.4. The number of morpholine rings is 1. The minimum Gasteiger partial charge on any atom is -0.390 e. The van der Waals surface area contributed by atoms with E-state index in [1.165, 1.54) is 4.57 Å². The molecule has 3 aromatic heterocycles. The first kappa shape index (κ1) is 26.9. The van der Waals surface area contributed by atoms with Gasteiger partial charge in [-0.05, 0) is 70.0 Å². The largest absolute Gasteiger partial charge is 0.390 e. The van der Waals surface area contributed by atoms with Crippen molar-refractivity contribution in [1.29, 1.82) is 0 Å². The van der Waals surface area contributed by atoms with E-state index in [2.05, 4.69) is 14.8 Å². The lowest BCUT2D eigenvalue weighted by atomic mass is 9.83. The number of ether oxygens (including phenoxy) is 1. The molecule has 11 heteroatoms. The number of alkyl halides is 2. The normalized spacial score (nSPS) is 18.2. The summed E-state index contributed by atoms with van der Waals surface area (Å²) in [7, 11) is 0. The quantitative estimate of drug-likeness (QED) is 0.379. The van der Waals surface area contributed by atoms with Crippen molar-refractivity contribution in [3.05, 3.63) is 47.9 Å². The van der Waals surface area contributed by atoms with Crippen molar-refractivity contribution in [2.24, 2.45) is 5.92 Å². The third kappa shape index (κ3) is 5.25. The van der Waals surface area contributed by atoms with Gasteiger partial charge in [-0.3, -0.25) is 9.47 Å². The van der Waals surface area contributed by atoms with E-state index in [-0.39, 0.29) is 11.9 Å². The van der Waals surface area contributed by atoms with Gasteiger partial charge < -0.3 is 14.7 Å². The fourth-order valence-corrected chi connectivity index (χ4v) is 5.76. The first-order chi connectivity index (χ1) is 19.1. The van der Waals surface area contributed by atoms with Crippen LogP contribution in [0, 0.1) is 5.92 Å². The number of hydrogen-bond acceptors (Lipinski definition) is 8. The SMILES string of the molecule is CC(F)(F)c1nc2ccccc2n1-c1nc(N2CCOCC2)c2nc(CN3CCC(C(C)(C)O)CC3)ccc2n1. The zero-order valence-electron chi connectivity index (χ0n) is 23.1. The van der Waals surface area contributed by atoms with Crippen LogP contribution >= 0.6 is 0 Å². The number of para-hydroxylation sites is 2. The maximum atomic E-state index is 14.8. The zero-order chi connectivity index (χ0) is 28.1. The van der Waals surface area contributed by atoms with E-state index in [1.807, 2.05) is 26.0 Å². The second kappa shape index (κ2) is 10.3. The molecule has 9 nitrogen and oxygen atoms in total. The molecule has 5 heterocycles. The van der Waals surface area contributed by atoms with Crippen molar-refractivity contribution in [2.45, 2.75) is 51.7 Å². The van der Waals surface area contributed by atoms with Gasteiger partial charge in [0.1, 0.15) is 5.52 Å². The smallest absolute Gasteiger partial charge is 0.302 e. The van der Waals surface area contributed by atoms with Crippen molar-refractivity contribution < 1.29 is 18.6 Å². The van der Waals surface area contributed by atoms with Gasteiger partial charge in [0, 0.05) is 26.6 Å². The molecule has 2 aliphatic heterocycles. The third-order valence-corrected chi connectivity index (χ3v) is 8.01. The lowest BCUT2D eigenvalue weighted by Crippen LogP contribution is -2.41. The van der Waals surface area contributed by atoms with Gasteiger partial charge in [-0.25, -0.2) is 15.0 Å². The van der Waals surface area contributed by atoms with Crippen LogP contribution in [0.25, 0.3) is 28.0 Å². The van der Waals surface area contributed by atoms with Crippen LogP contribution in [0.2, 0.25) is 0 Å². The van der Waals surface area contributed by atoms with Crippen LogP contribution in [0.5, 0.6) is 0 Å². The maximum absolute atomic E-state index is 14.8. The van der Waals surface area contributed by atoms with Crippen LogP contribution < -0.4 is 4.90 Å². The standard InChI is InChI=1S/C29H35F2N7O2/c1-28(2,39)19-10-12-36(13-11-19)18-20-8-9-22-24(32-20)25(37-14-16-40-17-15-37)35-27(34-22)38-23-7-5-4-6-21(23)33-26(38)29(3,30)31/h4-9,19,39H,10-18H2,1-3H3. The van der Waals surface area contributed by atoms with Gasteiger partial charge in [-0.1, -0.05) is 12.1 Å². The summed E-state index contributed by atoms with van der Waals surface area (Å²) in [6.07, 6.45) is 1.87. The number of hydrogen-bond donors (Lipinski definition) is 1. The number of nitrogens with zero attached hydrogens (tertiary/aromatic N) is 7. The molecule has 2 saturated heterocycles. The Morgan fingerprint density at radius 1 is 0.900 bits per heavy atom. The summed E-state index contributed by atoms with van der Waals surface area (Å²) in [5.74, 6) is -2.57. The number of imidazole rings is 1. The Bertz CT molecular complexity index is 1510. The number of benzene rings is 1. The van der Waals surface area contributed by atoms with Crippen molar-refractivity contribution in [3.63, 3.8) is 0 Å². The number of rotatable bonds is 6. The molecule has 2 aliphatic rings. The maximum Gasteiger partial charge on any atom is 0.302 e. The summed E-state index contributed by atoms with van der Waals surface area (Å²) in [6, 6.07) is 10.9. The van der Waals surface area contributed by atoms with Crippen molar-refractivity contribution in [1.82, 2.24) is 29.4 Å². The molecule has 1 aromatic carbocycles. The van der Waals surface area contributed by atoms with Gasteiger partial charge in [-0.2, -0.15) is 13.8 Å². The van der Waals surface area contributed by atoms with Gasteiger partial charge in [0.15, 0.2) is 11.6 Å². The molecular formula is C29H35F2N7O2. The molecule has 0 saturated carbocycles. The molecule has 2 fully saturated rings. The first-order valence-electron chi connectivity index (χ1n) is 13.9. The van der Waals surface area contributed by atoms with Crippen molar-refractivity contribution in [2.75, 3.05) is 44.3 Å². The lowest BCUT2D eigenvalue weighted by molar-refractivity contribution is -0.0137. The van der Waals surface area contributed by atoms with Crippen LogP contribution in [0.1, 0.15) is 45.1 Å². The molecule has 40 heavy (non-hydrogen) atoms. The Labute approximate surface area is 231 Å². The molecule has 0 atom stereocenters. The Balaban J connectivity index is 1.41. The summed E-state index contributed by atoms with van der Waals surface area (Å²) in [5.41, 5.74) is 2.43. The number of piperidine rings is 1. The van der Waals surface area contributed by atoms with Gasteiger partial charge in [0.2, 0.25) is 5.95 Å². The second-order valence-electron chi connectivity index (χ2n) is 11.5. The highest BCUT2D eigenvalue weighted by Crippen LogP contribution is 2.34. The average Bonchev–Trinajstić information content (AvgIpc) is 3.33. The molecule has 4 aromatic rings. The van der Waals surface area contributed by atoms with E-state index < -0.39 is 17.3 Å². The fourth-order valence-electron chi connectivity index (χ4n) is 5.76. The van der Waals surface area contributed by atoms with E-state index >= 15 is 0 Å². The van der Waals surface area contributed by atoms with Gasteiger partial charge >= 0.3 is 5.92 Å². The summed E-state index contributed by atoms with van der Waals surface area (Å²) in [6.45, 7) is 9.39. The predicted molar refractivity (Wildman–Crippen MR) is 149 cm³/mol. The molecule has 0 spiro atoms. The molecule has 6 rings (SSSR count). The number of halogens is 2. The van der Waals surface area contributed by atoms with Crippen molar-refractivity contribution in [3.8, 4) is 5.95 Å². The first-order valence-corrected chi connectivity index (χ1v) is 13.9. The minimum atomic E-state index is -3.20. The van der Waals surface area contributed by atoms with Crippen LogP contribution in [0.3, 0.4) is 0 Å². The van der Waals surface area contributed by atoms with E-state index in [1.54, 1.807) is 24.3 Å². The number of aromatic nitrogens is 5. The highest BCUT2D eigenvalue weighted by atomic mass is 19.3. The number of anilines is 1. The number of likely N-dealkylation sites (tertiary alicyclic amines) is 1. The van der Waals surface area contributed by atoms with Gasteiger partial charge in [-0.15, -0.1) is 0 Å². The summed E-state index contributed by atoms with van der Waals surface area (Å²) < 4.78 is 36.5. The average molecular weight is 552 g/mol. The van der Waals surface area contributed by atoms with Gasteiger partial charge in [0.05, 0.1) is 41.1 Å². The zero-order valence-corrected chi connectivity index (χ0v) is 23.1. The Hall–Kier alpha value is -3.28. The molecule has 0 unspecified atom stereocenters. The van der Waals surface area contributed by atoms with E-state index in [4.69, 9.17) is 19.7 Å². The minimum absolute atomic E-state index is 0.141. The monoisotopic (exact) mass is 551 g/mol. The Morgan fingerprint density at radius 3 is 2.33 bits per heavy atom. The van der Waals surface area contributed by atoms with Crippen LogP contribution in [-0.4, -0.2) is 79.5 Å². The molecule has 0 radical (unpaired) electrons. The highest BCUT2D eigenvalue weighted by molar-refractivity contribution is 5.87. The lowest BCUT2D eigenvalue weighted by Gasteiger charge is -2.37. The van der Waals surface area contributed by atoms with Crippen LogP contribution in [0.15, 0.2) is 36.4 Å². The molecule has 0 bridgehead atoms. The molecule has 1 N–H and O–H groups in total. The third-order valence-electron chi connectivity index (χ3n) is 8.01. The Morgan fingerprint density at radius 2 is 1.62 bits per heavy atom. The van der Waals surface area contributed by atoms with E-state index in [0.29, 0.717) is 60.7 Å². The molecular weight excluding hydrogens is 516 g/mol. The number of fused-ring (bicyclic) bond motifs is 2. The van der Waals surface area contributed by atoms with Crippen molar-refractivity contribution >= 4 is 27.9 Å². The molecule has 212 valence electrons. The molecule has 0 aliphatic carbocycles. The predicted octanol–water partition coefficient (Wildman–Crippen LogP) is 4.29. The Kier molecular flexibility index (Phi) is 6.92. The van der Waals surface area contributed by atoms with Crippen LogP contribution in [-0.2, 0) is 17.2 Å². The topological polar surface area (TPSA) is 92.4 Å².